The third-order valence-corrected chi connectivity index (χ3v) is 4.14. The van der Waals surface area contributed by atoms with E-state index in [9.17, 15) is 19.5 Å². The predicted octanol–water partition coefficient (Wildman–Crippen LogP) is 4.23. The molecule has 0 fully saturated rings. The molecule has 7 heteroatoms. The monoisotopic (exact) mass is 418 g/mol. The lowest BCUT2D eigenvalue weighted by molar-refractivity contribution is -0.128. The van der Waals surface area contributed by atoms with Gasteiger partial charge in [0.05, 0.1) is 11.1 Å². The van der Waals surface area contributed by atoms with Crippen molar-refractivity contribution in [1.29, 1.82) is 0 Å². The Balaban J connectivity index is 1.65. The third-order valence-electron chi connectivity index (χ3n) is 4.14. The van der Waals surface area contributed by atoms with Crippen LogP contribution < -0.4 is 14.2 Å². The standard InChI is InChI=1S/C24H18O7/c1-3-22(26)29-19-10-6-17(7-11-19)24(28)31-21-13-12-20(14-15(21)2)30-23(27)16-4-8-18(25)9-5-16/h3-14,25H,1H2,2H3. The molecule has 0 atom stereocenters. The third kappa shape index (κ3) is 5.57. The summed E-state index contributed by atoms with van der Waals surface area (Å²) in [6.07, 6.45) is 1.04. The molecular weight excluding hydrogens is 400 g/mol. The number of hydrogen-bond donors (Lipinski definition) is 1. The Labute approximate surface area is 178 Å². The summed E-state index contributed by atoms with van der Waals surface area (Å²) in [5.74, 6) is -0.874. The topological polar surface area (TPSA) is 99.1 Å². The number of aryl methyl sites for hydroxylation is 1. The van der Waals surface area contributed by atoms with Crippen molar-refractivity contribution < 1.29 is 33.7 Å². The zero-order valence-electron chi connectivity index (χ0n) is 16.5. The van der Waals surface area contributed by atoms with Gasteiger partial charge in [-0.1, -0.05) is 6.58 Å². The zero-order valence-corrected chi connectivity index (χ0v) is 16.5. The molecule has 1 N–H and O–H groups in total. The van der Waals surface area contributed by atoms with Crippen LogP contribution in [-0.2, 0) is 4.79 Å². The maximum atomic E-state index is 12.4. The van der Waals surface area contributed by atoms with Gasteiger partial charge in [-0.25, -0.2) is 14.4 Å². The average Bonchev–Trinajstić information content (AvgIpc) is 2.76. The molecule has 0 unspecified atom stereocenters. The number of carbonyl (C=O) groups is 3. The van der Waals surface area contributed by atoms with E-state index in [1.807, 2.05) is 0 Å². The van der Waals surface area contributed by atoms with Crippen LogP contribution >= 0.6 is 0 Å². The number of hydrogen-bond acceptors (Lipinski definition) is 7. The Morgan fingerprint density at radius 3 is 1.90 bits per heavy atom. The van der Waals surface area contributed by atoms with Crippen LogP contribution in [0.25, 0.3) is 0 Å². The molecular formula is C24H18O7. The zero-order chi connectivity index (χ0) is 22.4. The van der Waals surface area contributed by atoms with Crippen LogP contribution in [0.3, 0.4) is 0 Å². The fourth-order valence-electron chi connectivity index (χ4n) is 2.54. The van der Waals surface area contributed by atoms with Gasteiger partial charge in [0.1, 0.15) is 23.0 Å². The van der Waals surface area contributed by atoms with E-state index in [-0.39, 0.29) is 28.4 Å². The SMILES string of the molecule is C=CC(=O)Oc1ccc(C(=O)Oc2ccc(OC(=O)c3ccc(O)cc3)cc2C)cc1. The molecule has 0 bridgehead atoms. The lowest BCUT2D eigenvalue weighted by atomic mass is 10.2. The molecule has 0 aliphatic carbocycles. The Morgan fingerprint density at radius 1 is 0.774 bits per heavy atom. The summed E-state index contributed by atoms with van der Waals surface area (Å²) in [5.41, 5.74) is 1.13. The first-order chi connectivity index (χ1) is 14.9. The van der Waals surface area contributed by atoms with Gasteiger partial charge in [-0.15, -0.1) is 0 Å². The van der Waals surface area contributed by atoms with Gasteiger partial charge in [0.2, 0.25) is 0 Å². The Kier molecular flexibility index (Phi) is 6.47. The highest BCUT2D eigenvalue weighted by molar-refractivity contribution is 5.92. The van der Waals surface area contributed by atoms with Gasteiger partial charge in [0, 0.05) is 6.08 Å². The van der Waals surface area contributed by atoms with E-state index in [0.717, 1.165) is 6.08 Å². The van der Waals surface area contributed by atoms with Crippen molar-refractivity contribution >= 4 is 17.9 Å². The van der Waals surface area contributed by atoms with Crippen molar-refractivity contribution in [2.24, 2.45) is 0 Å². The van der Waals surface area contributed by atoms with Gasteiger partial charge in [0.15, 0.2) is 0 Å². The maximum Gasteiger partial charge on any atom is 0.343 e. The van der Waals surface area contributed by atoms with Crippen LogP contribution in [0.2, 0.25) is 0 Å². The Bertz CT molecular complexity index is 1130. The minimum atomic E-state index is -0.600. The number of phenols is 1. The van der Waals surface area contributed by atoms with E-state index < -0.39 is 17.9 Å². The minimum absolute atomic E-state index is 0.0472. The molecule has 0 radical (unpaired) electrons. The van der Waals surface area contributed by atoms with E-state index in [1.165, 1.54) is 60.7 Å². The smallest absolute Gasteiger partial charge is 0.343 e. The van der Waals surface area contributed by atoms with Crippen LogP contribution in [0, 0.1) is 6.92 Å². The van der Waals surface area contributed by atoms with Crippen molar-refractivity contribution in [1.82, 2.24) is 0 Å². The number of esters is 3. The highest BCUT2D eigenvalue weighted by Crippen LogP contribution is 2.25. The number of phenolic OH excluding ortho intramolecular Hbond substituents is 1. The normalized spacial score (nSPS) is 10.1. The summed E-state index contributed by atoms with van der Waals surface area (Å²) < 4.78 is 15.7. The van der Waals surface area contributed by atoms with E-state index in [0.29, 0.717) is 11.3 Å². The van der Waals surface area contributed by atoms with E-state index in [1.54, 1.807) is 13.0 Å². The van der Waals surface area contributed by atoms with E-state index in [2.05, 4.69) is 6.58 Å². The lowest BCUT2D eigenvalue weighted by Gasteiger charge is -2.10. The quantitative estimate of drug-likeness (QED) is 0.363. The molecule has 0 saturated carbocycles. The van der Waals surface area contributed by atoms with Crippen LogP contribution in [0.1, 0.15) is 26.3 Å². The van der Waals surface area contributed by atoms with Crippen LogP contribution in [0.5, 0.6) is 23.0 Å². The number of aromatic hydroxyl groups is 1. The summed E-state index contributed by atoms with van der Waals surface area (Å²) in [7, 11) is 0. The fourth-order valence-corrected chi connectivity index (χ4v) is 2.54. The van der Waals surface area contributed by atoms with Crippen LogP contribution in [-0.4, -0.2) is 23.0 Å². The van der Waals surface area contributed by atoms with E-state index >= 15 is 0 Å². The van der Waals surface area contributed by atoms with Gasteiger partial charge in [-0.05, 0) is 79.2 Å². The maximum absolute atomic E-state index is 12.4. The van der Waals surface area contributed by atoms with Crippen LogP contribution in [0.15, 0.2) is 79.4 Å². The number of carbonyl (C=O) groups excluding carboxylic acids is 3. The molecule has 156 valence electrons. The van der Waals surface area contributed by atoms with Crippen molar-refractivity contribution in [2.45, 2.75) is 6.92 Å². The summed E-state index contributed by atoms with van der Waals surface area (Å²) >= 11 is 0. The second-order valence-electron chi connectivity index (χ2n) is 6.40. The van der Waals surface area contributed by atoms with Gasteiger partial charge in [-0.2, -0.15) is 0 Å². The Morgan fingerprint density at radius 2 is 1.32 bits per heavy atom. The summed E-state index contributed by atoms with van der Waals surface area (Å²) in [6, 6.07) is 16.1. The second-order valence-corrected chi connectivity index (χ2v) is 6.40. The average molecular weight is 418 g/mol. The van der Waals surface area contributed by atoms with Gasteiger partial charge in [0.25, 0.3) is 0 Å². The second kappa shape index (κ2) is 9.41. The van der Waals surface area contributed by atoms with Crippen molar-refractivity contribution in [2.75, 3.05) is 0 Å². The molecule has 3 aromatic carbocycles. The molecule has 0 aromatic heterocycles. The highest BCUT2D eigenvalue weighted by atomic mass is 16.5. The predicted molar refractivity (Wildman–Crippen MR) is 111 cm³/mol. The molecule has 3 rings (SSSR count). The minimum Gasteiger partial charge on any atom is -0.508 e. The number of rotatable bonds is 6. The van der Waals surface area contributed by atoms with Gasteiger partial charge >= 0.3 is 17.9 Å². The molecule has 0 heterocycles. The molecule has 0 saturated heterocycles. The first-order valence-corrected chi connectivity index (χ1v) is 9.14. The molecule has 3 aromatic rings. The number of ether oxygens (including phenoxy) is 3. The van der Waals surface area contributed by atoms with Gasteiger partial charge in [-0.3, -0.25) is 0 Å². The first-order valence-electron chi connectivity index (χ1n) is 9.14. The largest absolute Gasteiger partial charge is 0.508 e. The Hall–Kier alpha value is -4.39. The van der Waals surface area contributed by atoms with Crippen molar-refractivity contribution in [3.63, 3.8) is 0 Å². The molecule has 0 aliphatic heterocycles. The summed E-state index contributed by atoms with van der Waals surface area (Å²) in [4.78, 5) is 35.7. The van der Waals surface area contributed by atoms with Crippen molar-refractivity contribution in [3.8, 4) is 23.0 Å². The number of benzene rings is 3. The molecule has 31 heavy (non-hydrogen) atoms. The summed E-state index contributed by atoms with van der Waals surface area (Å²) in [5, 5.41) is 9.29. The lowest BCUT2D eigenvalue weighted by Crippen LogP contribution is -2.11. The summed E-state index contributed by atoms with van der Waals surface area (Å²) in [6.45, 7) is 5.02. The molecule has 7 nitrogen and oxygen atoms in total. The molecule has 0 spiro atoms. The highest BCUT2D eigenvalue weighted by Gasteiger charge is 2.14. The van der Waals surface area contributed by atoms with Crippen LogP contribution in [0.4, 0.5) is 0 Å². The molecule has 0 amide bonds. The first kappa shape index (κ1) is 21.3. The van der Waals surface area contributed by atoms with Crippen molar-refractivity contribution in [3.05, 3.63) is 96.1 Å². The van der Waals surface area contributed by atoms with E-state index in [4.69, 9.17) is 14.2 Å². The molecule has 0 aliphatic rings. The van der Waals surface area contributed by atoms with Gasteiger partial charge < -0.3 is 19.3 Å². The fraction of sp³-hybridized carbons (Fsp3) is 0.0417.